The first kappa shape index (κ1) is 14.8. The van der Waals surface area contributed by atoms with Crippen LogP contribution in [0.15, 0.2) is 0 Å². The molecule has 2 fully saturated rings. The number of hydrogen-bond acceptors (Lipinski definition) is 3. The Morgan fingerprint density at radius 1 is 1.42 bits per heavy atom. The van der Waals surface area contributed by atoms with Crippen molar-refractivity contribution in [3.8, 4) is 0 Å². The van der Waals surface area contributed by atoms with Crippen molar-refractivity contribution in [1.82, 2.24) is 10.2 Å². The van der Waals surface area contributed by atoms with Crippen molar-refractivity contribution in [3.05, 3.63) is 0 Å². The van der Waals surface area contributed by atoms with Crippen molar-refractivity contribution in [3.63, 3.8) is 0 Å². The molecule has 2 saturated heterocycles. The van der Waals surface area contributed by atoms with Crippen LogP contribution in [0.25, 0.3) is 0 Å². The lowest BCUT2D eigenvalue weighted by atomic mass is 9.82. The van der Waals surface area contributed by atoms with Crippen LogP contribution in [0, 0.1) is 11.3 Å². The fourth-order valence-corrected chi connectivity index (χ4v) is 3.13. The van der Waals surface area contributed by atoms with Crippen LogP contribution in [0.3, 0.4) is 0 Å². The highest BCUT2D eigenvalue weighted by atomic mass is 16.5. The van der Waals surface area contributed by atoms with E-state index in [4.69, 9.17) is 4.74 Å². The van der Waals surface area contributed by atoms with Crippen LogP contribution < -0.4 is 5.32 Å². The van der Waals surface area contributed by atoms with Crippen LogP contribution in [0.1, 0.15) is 47.0 Å². The lowest BCUT2D eigenvalue weighted by Gasteiger charge is -2.38. The van der Waals surface area contributed by atoms with E-state index in [0.717, 1.165) is 39.0 Å². The Kier molecular flexibility index (Phi) is 4.51. The fourth-order valence-electron chi connectivity index (χ4n) is 3.13. The van der Waals surface area contributed by atoms with Crippen LogP contribution in [0.5, 0.6) is 0 Å². The van der Waals surface area contributed by atoms with E-state index in [1.807, 2.05) is 4.90 Å². The number of nitrogens with one attached hydrogen (secondary N) is 1. The molecule has 1 amide bonds. The molecule has 2 unspecified atom stereocenters. The second-order valence-corrected chi connectivity index (χ2v) is 6.91. The van der Waals surface area contributed by atoms with Crippen molar-refractivity contribution in [2.45, 2.75) is 59.2 Å². The van der Waals surface area contributed by atoms with Gasteiger partial charge >= 0.3 is 0 Å². The highest BCUT2D eigenvalue weighted by Gasteiger charge is 2.40. The third-order valence-corrected chi connectivity index (χ3v) is 4.45. The van der Waals surface area contributed by atoms with Crippen LogP contribution in [0.2, 0.25) is 0 Å². The van der Waals surface area contributed by atoms with Gasteiger partial charge in [-0.15, -0.1) is 0 Å². The minimum absolute atomic E-state index is 0.0124. The second-order valence-electron chi connectivity index (χ2n) is 6.91. The number of amides is 1. The van der Waals surface area contributed by atoms with Crippen LogP contribution in [-0.2, 0) is 9.53 Å². The van der Waals surface area contributed by atoms with E-state index < -0.39 is 0 Å². The standard InChI is InChI=1S/C15H28N2O2/c1-11(2)9-13-14(18)17(12(3)16-13)10-15(4)5-7-19-8-6-15/h11-13,16H,5-10H2,1-4H3. The summed E-state index contributed by atoms with van der Waals surface area (Å²) in [6.07, 6.45) is 3.20. The van der Waals surface area contributed by atoms with E-state index >= 15 is 0 Å². The largest absolute Gasteiger partial charge is 0.381 e. The Balaban J connectivity index is 1.98. The van der Waals surface area contributed by atoms with Gasteiger partial charge in [0.2, 0.25) is 5.91 Å². The number of nitrogens with zero attached hydrogens (tertiary/aromatic N) is 1. The average molecular weight is 268 g/mol. The molecule has 19 heavy (non-hydrogen) atoms. The van der Waals surface area contributed by atoms with E-state index in [1.165, 1.54) is 0 Å². The summed E-state index contributed by atoms with van der Waals surface area (Å²) in [7, 11) is 0. The number of carbonyl (C=O) groups excluding carboxylic acids is 1. The lowest BCUT2D eigenvalue weighted by Crippen LogP contribution is -2.44. The summed E-state index contributed by atoms with van der Waals surface area (Å²) >= 11 is 0. The smallest absolute Gasteiger partial charge is 0.241 e. The molecule has 2 heterocycles. The van der Waals surface area contributed by atoms with Crippen molar-refractivity contribution in [1.29, 1.82) is 0 Å². The van der Waals surface area contributed by atoms with Gasteiger partial charge in [-0.1, -0.05) is 20.8 Å². The monoisotopic (exact) mass is 268 g/mol. The van der Waals surface area contributed by atoms with Crippen LogP contribution >= 0.6 is 0 Å². The molecule has 110 valence electrons. The van der Waals surface area contributed by atoms with Crippen molar-refractivity contribution >= 4 is 5.91 Å². The summed E-state index contributed by atoms with van der Waals surface area (Å²) < 4.78 is 5.44. The highest BCUT2D eigenvalue weighted by molar-refractivity contribution is 5.84. The minimum atomic E-state index is 0.0124. The zero-order valence-electron chi connectivity index (χ0n) is 12.7. The molecule has 4 heteroatoms. The normalized spacial score (nSPS) is 31.2. The molecule has 0 aliphatic carbocycles. The first-order chi connectivity index (χ1) is 8.91. The SMILES string of the molecule is CC(C)CC1NC(C)N(CC2(C)CCOCC2)C1=O. The molecule has 2 aliphatic heterocycles. The molecule has 2 atom stereocenters. The third kappa shape index (κ3) is 3.48. The van der Waals surface area contributed by atoms with Gasteiger partial charge in [-0.3, -0.25) is 10.1 Å². The summed E-state index contributed by atoms with van der Waals surface area (Å²) in [5.41, 5.74) is 0.219. The molecule has 0 aromatic carbocycles. The molecule has 1 N–H and O–H groups in total. The van der Waals surface area contributed by atoms with Gasteiger partial charge in [-0.2, -0.15) is 0 Å². The molecule has 0 aromatic rings. The maximum atomic E-state index is 12.5. The maximum absolute atomic E-state index is 12.5. The van der Waals surface area contributed by atoms with Gasteiger partial charge in [0.1, 0.15) is 0 Å². The molecule has 0 radical (unpaired) electrons. The van der Waals surface area contributed by atoms with Crippen molar-refractivity contribution in [2.24, 2.45) is 11.3 Å². The van der Waals surface area contributed by atoms with E-state index in [1.54, 1.807) is 0 Å². The molecule has 0 spiro atoms. The van der Waals surface area contributed by atoms with E-state index in [0.29, 0.717) is 5.92 Å². The van der Waals surface area contributed by atoms with Gasteiger partial charge in [0.05, 0.1) is 12.2 Å². The van der Waals surface area contributed by atoms with Gasteiger partial charge in [0, 0.05) is 19.8 Å². The van der Waals surface area contributed by atoms with Gasteiger partial charge in [0.15, 0.2) is 0 Å². The molecule has 0 saturated carbocycles. The topological polar surface area (TPSA) is 41.6 Å². The first-order valence-corrected chi connectivity index (χ1v) is 7.55. The Morgan fingerprint density at radius 3 is 2.63 bits per heavy atom. The fraction of sp³-hybridized carbons (Fsp3) is 0.933. The third-order valence-electron chi connectivity index (χ3n) is 4.45. The van der Waals surface area contributed by atoms with Gasteiger partial charge in [-0.05, 0) is 37.5 Å². The molecular weight excluding hydrogens is 240 g/mol. The molecule has 2 rings (SSSR count). The van der Waals surface area contributed by atoms with E-state index in [-0.39, 0.29) is 23.5 Å². The lowest BCUT2D eigenvalue weighted by molar-refractivity contribution is -0.132. The van der Waals surface area contributed by atoms with Gasteiger partial charge in [0.25, 0.3) is 0 Å². The molecule has 2 aliphatic rings. The predicted octanol–water partition coefficient (Wildman–Crippen LogP) is 2.00. The quantitative estimate of drug-likeness (QED) is 0.848. The van der Waals surface area contributed by atoms with Gasteiger partial charge < -0.3 is 9.64 Å². The number of ether oxygens (including phenoxy) is 1. The van der Waals surface area contributed by atoms with E-state index in [2.05, 4.69) is 33.0 Å². The maximum Gasteiger partial charge on any atom is 0.241 e. The highest BCUT2D eigenvalue weighted by Crippen LogP contribution is 2.32. The van der Waals surface area contributed by atoms with Crippen molar-refractivity contribution < 1.29 is 9.53 Å². The summed E-state index contributed by atoms with van der Waals surface area (Å²) in [4.78, 5) is 14.5. The Morgan fingerprint density at radius 2 is 2.05 bits per heavy atom. The summed E-state index contributed by atoms with van der Waals surface area (Å²) in [6, 6.07) is 0.0124. The number of hydrogen-bond donors (Lipinski definition) is 1. The predicted molar refractivity (Wildman–Crippen MR) is 75.7 cm³/mol. The number of rotatable bonds is 4. The Labute approximate surface area is 116 Å². The Bertz CT molecular complexity index is 324. The zero-order chi connectivity index (χ0) is 14.0. The van der Waals surface area contributed by atoms with Gasteiger partial charge in [-0.25, -0.2) is 0 Å². The number of carbonyl (C=O) groups is 1. The Hall–Kier alpha value is -0.610. The molecule has 0 aromatic heterocycles. The van der Waals surface area contributed by atoms with Crippen molar-refractivity contribution in [2.75, 3.05) is 19.8 Å². The summed E-state index contributed by atoms with van der Waals surface area (Å²) in [6.45, 7) is 11.2. The molecule has 4 nitrogen and oxygen atoms in total. The molecular formula is C15H28N2O2. The van der Waals surface area contributed by atoms with Crippen LogP contribution in [0.4, 0.5) is 0 Å². The average Bonchev–Trinajstić information content (AvgIpc) is 2.57. The summed E-state index contributed by atoms with van der Waals surface area (Å²) in [5.74, 6) is 0.834. The first-order valence-electron chi connectivity index (χ1n) is 7.55. The second kappa shape index (κ2) is 5.80. The molecule has 0 bridgehead atoms. The minimum Gasteiger partial charge on any atom is -0.381 e. The van der Waals surface area contributed by atoms with E-state index in [9.17, 15) is 4.79 Å². The summed E-state index contributed by atoms with van der Waals surface area (Å²) in [5, 5.41) is 3.44. The zero-order valence-corrected chi connectivity index (χ0v) is 12.7. The van der Waals surface area contributed by atoms with Crippen LogP contribution in [-0.4, -0.2) is 42.8 Å².